The van der Waals surface area contributed by atoms with Crippen molar-refractivity contribution in [2.45, 2.75) is 205 Å². The van der Waals surface area contributed by atoms with E-state index in [1.54, 1.807) is 6.08 Å². The van der Waals surface area contributed by atoms with Crippen molar-refractivity contribution in [3.8, 4) is 0 Å². The zero-order valence-corrected chi connectivity index (χ0v) is 27.4. The lowest BCUT2D eigenvalue weighted by Crippen LogP contribution is -2.48. The summed E-state index contributed by atoms with van der Waals surface area (Å²) in [5.41, 5.74) is 0. The SMILES string of the molecule is CCCCCCCCCCCCCC=CC(O)C(CO)NC(=O)C(O)CCCCCCCCCCCCCCCC. The molecule has 5 nitrogen and oxygen atoms in total. The van der Waals surface area contributed by atoms with Gasteiger partial charge in [0.2, 0.25) is 5.91 Å². The van der Waals surface area contributed by atoms with E-state index in [4.69, 9.17) is 0 Å². The Bertz CT molecular complexity index is 568. The van der Waals surface area contributed by atoms with Gasteiger partial charge in [0, 0.05) is 0 Å². The van der Waals surface area contributed by atoms with E-state index in [-0.39, 0.29) is 6.61 Å². The predicted molar refractivity (Wildman–Crippen MR) is 176 cm³/mol. The molecule has 5 heteroatoms. The Hall–Kier alpha value is -0.910. The van der Waals surface area contributed by atoms with Gasteiger partial charge in [-0.05, 0) is 19.3 Å². The molecule has 0 aliphatic carbocycles. The standard InChI is InChI=1S/C36H71NO4/c1-3-5-7-9-11-13-15-17-19-21-23-25-27-29-31-35(40)36(41)37-33(32-38)34(39)30-28-26-24-22-20-18-16-14-12-10-8-6-4-2/h28,30,33-35,38-40H,3-27,29,31-32H2,1-2H3,(H,37,41). The van der Waals surface area contributed by atoms with Gasteiger partial charge in [-0.1, -0.05) is 180 Å². The van der Waals surface area contributed by atoms with E-state index in [1.165, 1.54) is 135 Å². The molecule has 0 aromatic rings. The molecule has 41 heavy (non-hydrogen) atoms. The summed E-state index contributed by atoms with van der Waals surface area (Å²) >= 11 is 0. The first-order valence-electron chi connectivity index (χ1n) is 18.0. The van der Waals surface area contributed by atoms with Gasteiger partial charge in [-0.3, -0.25) is 4.79 Å². The molecule has 1 amide bonds. The number of hydrogen-bond donors (Lipinski definition) is 4. The van der Waals surface area contributed by atoms with Crippen LogP contribution < -0.4 is 5.32 Å². The number of allylic oxidation sites excluding steroid dienone is 1. The normalized spacial score (nSPS) is 14.0. The van der Waals surface area contributed by atoms with Crippen molar-refractivity contribution < 1.29 is 20.1 Å². The molecule has 0 spiro atoms. The topological polar surface area (TPSA) is 89.8 Å². The zero-order chi connectivity index (χ0) is 30.2. The van der Waals surface area contributed by atoms with Gasteiger partial charge in [-0.25, -0.2) is 0 Å². The van der Waals surface area contributed by atoms with Gasteiger partial charge in [-0.2, -0.15) is 0 Å². The molecule has 4 N–H and O–H groups in total. The minimum absolute atomic E-state index is 0.360. The molecule has 0 aliphatic heterocycles. The molecule has 0 saturated heterocycles. The molecule has 0 heterocycles. The molecule has 0 bridgehead atoms. The van der Waals surface area contributed by atoms with Crippen molar-refractivity contribution in [2.24, 2.45) is 0 Å². The van der Waals surface area contributed by atoms with Crippen LogP contribution in [0.25, 0.3) is 0 Å². The molecule has 3 unspecified atom stereocenters. The number of unbranched alkanes of at least 4 members (excludes halogenated alkanes) is 24. The molecule has 3 atom stereocenters. The Balaban J connectivity index is 3.74. The van der Waals surface area contributed by atoms with Gasteiger partial charge in [-0.15, -0.1) is 0 Å². The molecule has 0 aliphatic rings. The largest absolute Gasteiger partial charge is 0.394 e. The Kier molecular flexibility index (Phi) is 31.3. The van der Waals surface area contributed by atoms with Gasteiger partial charge >= 0.3 is 0 Å². The smallest absolute Gasteiger partial charge is 0.249 e. The minimum atomic E-state index is -1.09. The van der Waals surface area contributed by atoms with Crippen molar-refractivity contribution in [1.82, 2.24) is 5.32 Å². The van der Waals surface area contributed by atoms with Gasteiger partial charge in [0.05, 0.1) is 18.8 Å². The quantitative estimate of drug-likeness (QED) is 0.0471. The van der Waals surface area contributed by atoms with Crippen LogP contribution >= 0.6 is 0 Å². The van der Waals surface area contributed by atoms with Crippen LogP contribution in [0.4, 0.5) is 0 Å². The third kappa shape index (κ3) is 27.7. The second-order valence-corrected chi connectivity index (χ2v) is 12.4. The van der Waals surface area contributed by atoms with Crippen LogP contribution in [0.2, 0.25) is 0 Å². The Labute approximate surface area is 255 Å². The van der Waals surface area contributed by atoms with Crippen molar-refractivity contribution in [2.75, 3.05) is 6.61 Å². The first-order valence-corrected chi connectivity index (χ1v) is 18.0. The van der Waals surface area contributed by atoms with E-state index < -0.39 is 24.2 Å². The number of nitrogens with one attached hydrogen (secondary N) is 1. The third-order valence-corrected chi connectivity index (χ3v) is 8.38. The predicted octanol–water partition coefficient (Wildman–Crippen LogP) is 9.31. The van der Waals surface area contributed by atoms with Crippen LogP contribution in [0, 0.1) is 0 Å². The van der Waals surface area contributed by atoms with E-state index >= 15 is 0 Å². The fourth-order valence-corrected chi connectivity index (χ4v) is 5.48. The van der Waals surface area contributed by atoms with E-state index in [1.807, 2.05) is 6.08 Å². The summed E-state index contributed by atoms with van der Waals surface area (Å²) in [7, 11) is 0. The van der Waals surface area contributed by atoms with E-state index in [9.17, 15) is 20.1 Å². The Morgan fingerprint density at radius 1 is 0.585 bits per heavy atom. The Morgan fingerprint density at radius 2 is 0.951 bits per heavy atom. The number of hydrogen-bond acceptors (Lipinski definition) is 4. The third-order valence-electron chi connectivity index (χ3n) is 8.38. The summed E-state index contributed by atoms with van der Waals surface area (Å²) < 4.78 is 0. The molecule has 0 saturated carbocycles. The summed E-state index contributed by atoms with van der Waals surface area (Å²) in [4.78, 5) is 12.4. The number of aliphatic hydroxyl groups excluding tert-OH is 3. The lowest BCUT2D eigenvalue weighted by molar-refractivity contribution is -0.131. The maximum Gasteiger partial charge on any atom is 0.249 e. The lowest BCUT2D eigenvalue weighted by atomic mass is 10.0. The highest BCUT2D eigenvalue weighted by molar-refractivity contribution is 5.80. The highest BCUT2D eigenvalue weighted by atomic mass is 16.3. The first-order chi connectivity index (χ1) is 20.1. The number of aliphatic hydroxyl groups is 3. The van der Waals surface area contributed by atoms with Crippen LogP contribution in [0.3, 0.4) is 0 Å². The van der Waals surface area contributed by atoms with E-state index in [0.717, 1.165) is 32.1 Å². The van der Waals surface area contributed by atoms with Crippen LogP contribution in [0.5, 0.6) is 0 Å². The molecule has 244 valence electrons. The molecular weight excluding hydrogens is 510 g/mol. The number of rotatable bonds is 32. The van der Waals surface area contributed by atoms with Crippen molar-refractivity contribution >= 4 is 5.91 Å². The van der Waals surface area contributed by atoms with Crippen molar-refractivity contribution in [1.29, 1.82) is 0 Å². The van der Waals surface area contributed by atoms with Gasteiger partial charge < -0.3 is 20.6 Å². The maximum absolute atomic E-state index is 12.4. The summed E-state index contributed by atoms with van der Waals surface area (Å²) in [6.07, 6.45) is 35.0. The van der Waals surface area contributed by atoms with Crippen LogP contribution in [-0.4, -0.2) is 46.1 Å². The number of amides is 1. The molecule has 0 aromatic heterocycles. The fourth-order valence-electron chi connectivity index (χ4n) is 5.48. The number of carbonyl (C=O) groups is 1. The van der Waals surface area contributed by atoms with E-state index in [2.05, 4.69) is 19.2 Å². The highest BCUT2D eigenvalue weighted by Gasteiger charge is 2.22. The monoisotopic (exact) mass is 582 g/mol. The van der Waals surface area contributed by atoms with Crippen LogP contribution in [-0.2, 0) is 4.79 Å². The zero-order valence-electron chi connectivity index (χ0n) is 27.4. The molecular formula is C36H71NO4. The lowest BCUT2D eigenvalue weighted by Gasteiger charge is -2.21. The number of carbonyl (C=O) groups excluding carboxylic acids is 1. The summed E-state index contributed by atoms with van der Waals surface area (Å²) in [5, 5.41) is 32.9. The summed E-state index contributed by atoms with van der Waals surface area (Å²) in [6, 6.07) is -0.790. The molecule has 0 rings (SSSR count). The van der Waals surface area contributed by atoms with Crippen LogP contribution in [0.15, 0.2) is 12.2 Å². The first kappa shape index (κ1) is 40.1. The molecule has 0 aromatic carbocycles. The van der Waals surface area contributed by atoms with Crippen LogP contribution in [0.1, 0.15) is 187 Å². The Morgan fingerprint density at radius 3 is 1.34 bits per heavy atom. The van der Waals surface area contributed by atoms with Gasteiger partial charge in [0.15, 0.2) is 0 Å². The highest BCUT2D eigenvalue weighted by Crippen LogP contribution is 2.15. The second-order valence-electron chi connectivity index (χ2n) is 12.4. The van der Waals surface area contributed by atoms with Gasteiger partial charge in [0.25, 0.3) is 0 Å². The average molecular weight is 582 g/mol. The van der Waals surface area contributed by atoms with Gasteiger partial charge in [0.1, 0.15) is 6.10 Å². The van der Waals surface area contributed by atoms with Crippen molar-refractivity contribution in [3.63, 3.8) is 0 Å². The maximum atomic E-state index is 12.4. The minimum Gasteiger partial charge on any atom is -0.394 e. The summed E-state index contributed by atoms with van der Waals surface area (Å²) in [5.74, 6) is -0.503. The van der Waals surface area contributed by atoms with Crippen molar-refractivity contribution in [3.05, 3.63) is 12.2 Å². The fraction of sp³-hybridized carbons (Fsp3) is 0.917. The summed E-state index contributed by atoms with van der Waals surface area (Å²) in [6.45, 7) is 4.16. The average Bonchev–Trinajstić information content (AvgIpc) is 2.98. The molecule has 0 fully saturated rings. The van der Waals surface area contributed by atoms with E-state index in [0.29, 0.717) is 6.42 Å². The molecule has 0 radical (unpaired) electrons. The second kappa shape index (κ2) is 32.0.